The number of nitrogens with zero attached hydrogens (tertiary/aromatic N) is 2. The molecule has 0 spiro atoms. The van der Waals surface area contributed by atoms with Gasteiger partial charge in [-0.25, -0.2) is 4.98 Å². The zero-order valence-corrected chi connectivity index (χ0v) is 13.1. The van der Waals surface area contributed by atoms with E-state index in [1.54, 1.807) is 17.7 Å². The maximum atomic E-state index is 12.1. The van der Waals surface area contributed by atoms with Gasteiger partial charge in [0, 0.05) is 17.0 Å². The molecule has 118 valence electrons. The van der Waals surface area contributed by atoms with Crippen LogP contribution in [-0.4, -0.2) is 28.7 Å². The normalized spacial score (nSPS) is 13.2. The first kappa shape index (κ1) is 14.1. The maximum Gasteiger partial charge on any atom is 0.240 e. The van der Waals surface area contributed by atoms with Gasteiger partial charge in [0.2, 0.25) is 5.91 Å². The number of hydrogen-bond donors (Lipinski definition) is 1. The van der Waals surface area contributed by atoms with Gasteiger partial charge in [0.25, 0.3) is 0 Å². The summed E-state index contributed by atoms with van der Waals surface area (Å²) in [5.74, 6) is 1.35. The van der Waals surface area contributed by atoms with Crippen LogP contribution in [0.4, 0.5) is 0 Å². The highest BCUT2D eigenvalue weighted by atomic mass is 32.1. The second kappa shape index (κ2) is 5.92. The standard InChI is InChI=1S/C16H15N3O3S/c20-16(17-8-11-2-1-5-23-11)9-19-10-18-12-6-14-15(7-13(12)19)22-4-3-21-14/h1-2,5-7,10H,3-4,8-9H2,(H,17,20). The van der Waals surface area contributed by atoms with E-state index >= 15 is 0 Å². The van der Waals surface area contributed by atoms with Crippen molar-refractivity contribution in [3.8, 4) is 11.5 Å². The van der Waals surface area contributed by atoms with Crippen LogP contribution in [0.25, 0.3) is 11.0 Å². The van der Waals surface area contributed by atoms with Crippen molar-refractivity contribution in [1.29, 1.82) is 0 Å². The van der Waals surface area contributed by atoms with E-state index in [1.165, 1.54) is 0 Å². The smallest absolute Gasteiger partial charge is 0.240 e. The predicted molar refractivity (Wildman–Crippen MR) is 86.9 cm³/mol. The summed E-state index contributed by atoms with van der Waals surface area (Å²) in [5.41, 5.74) is 1.65. The summed E-state index contributed by atoms with van der Waals surface area (Å²) in [4.78, 5) is 17.6. The number of benzene rings is 1. The van der Waals surface area contributed by atoms with Crippen molar-refractivity contribution in [2.24, 2.45) is 0 Å². The lowest BCUT2D eigenvalue weighted by Gasteiger charge is -2.18. The van der Waals surface area contributed by atoms with Gasteiger partial charge in [0.1, 0.15) is 19.8 Å². The summed E-state index contributed by atoms with van der Waals surface area (Å²) in [7, 11) is 0. The number of carbonyl (C=O) groups is 1. The van der Waals surface area contributed by atoms with Gasteiger partial charge in [0.05, 0.1) is 23.9 Å². The number of thiophene rings is 1. The van der Waals surface area contributed by atoms with Crippen molar-refractivity contribution in [2.45, 2.75) is 13.1 Å². The third kappa shape index (κ3) is 2.87. The van der Waals surface area contributed by atoms with E-state index in [9.17, 15) is 4.79 Å². The molecule has 1 N–H and O–H groups in total. The summed E-state index contributed by atoms with van der Waals surface area (Å²) in [6.45, 7) is 1.86. The van der Waals surface area contributed by atoms with Crippen LogP contribution in [0.15, 0.2) is 36.0 Å². The Labute approximate surface area is 136 Å². The molecular weight excluding hydrogens is 314 g/mol. The molecule has 7 heteroatoms. The number of amides is 1. The van der Waals surface area contributed by atoms with E-state index < -0.39 is 0 Å². The quantitative estimate of drug-likeness (QED) is 0.797. The van der Waals surface area contributed by atoms with Gasteiger partial charge in [-0.1, -0.05) is 6.07 Å². The second-order valence-electron chi connectivity index (χ2n) is 5.21. The van der Waals surface area contributed by atoms with E-state index in [4.69, 9.17) is 9.47 Å². The van der Waals surface area contributed by atoms with Crippen molar-refractivity contribution in [3.63, 3.8) is 0 Å². The molecule has 3 heterocycles. The lowest BCUT2D eigenvalue weighted by molar-refractivity contribution is -0.121. The van der Waals surface area contributed by atoms with Crippen molar-refractivity contribution in [1.82, 2.24) is 14.9 Å². The molecule has 0 atom stereocenters. The predicted octanol–water partition coefficient (Wildman–Crippen LogP) is 2.19. The molecule has 1 aliphatic rings. The highest BCUT2D eigenvalue weighted by Gasteiger charge is 2.16. The first-order chi connectivity index (χ1) is 11.3. The molecule has 0 radical (unpaired) electrons. The van der Waals surface area contributed by atoms with Crippen LogP contribution in [-0.2, 0) is 17.9 Å². The Kier molecular flexibility index (Phi) is 3.63. The highest BCUT2D eigenvalue weighted by Crippen LogP contribution is 2.34. The largest absolute Gasteiger partial charge is 0.486 e. The molecule has 0 aliphatic carbocycles. The molecule has 0 bridgehead atoms. The summed E-state index contributed by atoms with van der Waals surface area (Å²) in [5, 5.41) is 4.91. The van der Waals surface area contributed by atoms with Crippen molar-refractivity contribution < 1.29 is 14.3 Å². The number of hydrogen-bond acceptors (Lipinski definition) is 5. The minimum absolute atomic E-state index is 0.0485. The van der Waals surface area contributed by atoms with Crippen LogP contribution in [0, 0.1) is 0 Å². The SMILES string of the molecule is O=C(Cn1cnc2cc3c(cc21)OCCO3)NCc1cccs1. The Hall–Kier alpha value is -2.54. The number of fused-ring (bicyclic) bond motifs is 2. The molecule has 1 aliphatic heterocycles. The molecule has 1 amide bonds. The van der Waals surface area contributed by atoms with E-state index in [2.05, 4.69) is 10.3 Å². The van der Waals surface area contributed by atoms with Gasteiger partial charge in [-0.05, 0) is 11.4 Å². The fourth-order valence-electron chi connectivity index (χ4n) is 2.53. The van der Waals surface area contributed by atoms with Crippen molar-refractivity contribution in [2.75, 3.05) is 13.2 Å². The number of carbonyl (C=O) groups excluding carboxylic acids is 1. The monoisotopic (exact) mass is 329 g/mol. The molecule has 6 nitrogen and oxygen atoms in total. The first-order valence-corrected chi connectivity index (χ1v) is 8.21. The Balaban J connectivity index is 1.51. The van der Waals surface area contributed by atoms with Gasteiger partial charge < -0.3 is 19.4 Å². The van der Waals surface area contributed by atoms with Crippen LogP contribution in [0.1, 0.15) is 4.88 Å². The Morgan fingerprint density at radius 1 is 1.30 bits per heavy atom. The molecule has 3 aromatic rings. The van der Waals surface area contributed by atoms with Gasteiger partial charge in [-0.2, -0.15) is 0 Å². The van der Waals surface area contributed by atoms with E-state index in [0.717, 1.165) is 15.9 Å². The van der Waals surface area contributed by atoms with Crippen LogP contribution in [0.5, 0.6) is 11.5 Å². The van der Waals surface area contributed by atoms with Gasteiger partial charge in [0.15, 0.2) is 11.5 Å². The van der Waals surface area contributed by atoms with Crippen LogP contribution >= 0.6 is 11.3 Å². The minimum atomic E-state index is -0.0485. The Morgan fingerprint density at radius 3 is 2.91 bits per heavy atom. The first-order valence-electron chi connectivity index (χ1n) is 7.33. The zero-order valence-electron chi connectivity index (χ0n) is 12.3. The average molecular weight is 329 g/mol. The number of aromatic nitrogens is 2. The fraction of sp³-hybridized carbons (Fsp3) is 0.250. The molecule has 0 fully saturated rings. The average Bonchev–Trinajstić information content (AvgIpc) is 3.21. The lowest BCUT2D eigenvalue weighted by atomic mass is 10.2. The van der Waals surface area contributed by atoms with E-state index in [-0.39, 0.29) is 12.5 Å². The van der Waals surface area contributed by atoms with Crippen LogP contribution in [0.3, 0.4) is 0 Å². The molecule has 0 saturated carbocycles. The summed E-state index contributed by atoms with van der Waals surface area (Å²) in [6.07, 6.45) is 1.67. The molecule has 0 saturated heterocycles. The van der Waals surface area contributed by atoms with Gasteiger partial charge in [-0.3, -0.25) is 4.79 Å². The topological polar surface area (TPSA) is 65.4 Å². The third-order valence-corrected chi connectivity index (χ3v) is 4.52. The summed E-state index contributed by atoms with van der Waals surface area (Å²) >= 11 is 1.63. The Bertz CT molecular complexity index is 842. The summed E-state index contributed by atoms with van der Waals surface area (Å²) < 4.78 is 13.0. The van der Waals surface area contributed by atoms with E-state index in [1.807, 2.05) is 34.2 Å². The van der Waals surface area contributed by atoms with Gasteiger partial charge in [-0.15, -0.1) is 11.3 Å². The van der Waals surface area contributed by atoms with E-state index in [0.29, 0.717) is 31.3 Å². The molecule has 23 heavy (non-hydrogen) atoms. The molecular formula is C16H15N3O3S. The van der Waals surface area contributed by atoms with Crippen molar-refractivity contribution in [3.05, 3.63) is 40.8 Å². The molecule has 2 aromatic heterocycles. The Morgan fingerprint density at radius 2 is 2.13 bits per heavy atom. The lowest BCUT2D eigenvalue weighted by Crippen LogP contribution is -2.26. The van der Waals surface area contributed by atoms with Gasteiger partial charge >= 0.3 is 0 Å². The number of nitrogens with one attached hydrogen (secondary N) is 1. The minimum Gasteiger partial charge on any atom is -0.486 e. The number of imidazole rings is 1. The fourth-order valence-corrected chi connectivity index (χ4v) is 3.17. The number of ether oxygens (including phenoxy) is 2. The zero-order chi connectivity index (χ0) is 15.6. The van der Waals surface area contributed by atoms with Crippen LogP contribution in [0.2, 0.25) is 0 Å². The summed E-state index contributed by atoms with van der Waals surface area (Å²) in [6, 6.07) is 7.70. The number of rotatable bonds is 4. The molecule has 0 unspecified atom stereocenters. The highest BCUT2D eigenvalue weighted by molar-refractivity contribution is 7.09. The molecule has 1 aromatic carbocycles. The second-order valence-corrected chi connectivity index (χ2v) is 6.25. The molecule has 4 rings (SSSR count). The maximum absolute atomic E-state index is 12.1. The van der Waals surface area contributed by atoms with Crippen LogP contribution < -0.4 is 14.8 Å². The van der Waals surface area contributed by atoms with Crippen molar-refractivity contribution >= 4 is 28.3 Å². The third-order valence-electron chi connectivity index (χ3n) is 3.64.